The van der Waals surface area contributed by atoms with Crippen molar-refractivity contribution in [3.8, 4) is 0 Å². The minimum atomic E-state index is -4.41. The normalized spacial score (nSPS) is 17.2. The molecular weight excluding hydrogens is 271 g/mol. The van der Waals surface area contributed by atoms with E-state index in [2.05, 4.69) is 4.98 Å². The maximum absolute atomic E-state index is 12.8. The third-order valence-corrected chi connectivity index (χ3v) is 3.42. The Labute approximate surface area is 115 Å². The summed E-state index contributed by atoms with van der Waals surface area (Å²) in [5.74, 6) is 0.545. The lowest BCUT2D eigenvalue weighted by atomic mass is 10.00. The van der Waals surface area contributed by atoms with Gasteiger partial charge in [-0.15, -0.1) is 0 Å². The molecule has 0 bridgehead atoms. The first-order valence-corrected chi connectivity index (χ1v) is 6.50. The van der Waals surface area contributed by atoms with Crippen molar-refractivity contribution >= 4 is 11.6 Å². The van der Waals surface area contributed by atoms with Gasteiger partial charge in [0.05, 0.1) is 5.56 Å². The Morgan fingerprint density at radius 1 is 1.35 bits per heavy atom. The number of anilines is 2. The highest BCUT2D eigenvalue weighted by atomic mass is 19.4. The minimum absolute atomic E-state index is 0.117. The molecule has 2 heterocycles. The van der Waals surface area contributed by atoms with Crippen LogP contribution in [0.25, 0.3) is 0 Å². The molecular formula is C13H18F3N3O. The Hall–Kier alpha value is -1.50. The number of hydrogen-bond donors (Lipinski definition) is 1. The van der Waals surface area contributed by atoms with Crippen LogP contribution in [0.3, 0.4) is 0 Å². The summed E-state index contributed by atoms with van der Waals surface area (Å²) in [6.45, 7) is 2.06. The van der Waals surface area contributed by atoms with Gasteiger partial charge in [-0.05, 0) is 30.9 Å². The van der Waals surface area contributed by atoms with E-state index in [-0.39, 0.29) is 11.6 Å². The van der Waals surface area contributed by atoms with E-state index in [1.165, 1.54) is 0 Å². The zero-order valence-electron chi connectivity index (χ0n) is 11.3. The van der Waals surface area contributed by atoms with Gasteiger partial charge in [-0.1, -0.05) is 0 Å². The van der Waals surface area contributed by atoms with Crippen LogP contribution < -0.4 is 10.6 Å². The number of nitrogen functional groups attached to an aromatic ring is 1. The van der Waals surface area contributed by atoms with Crippen LogP contribution in [-0.4, -0.2) is 31.8 Å². The van der Waals surface area contributed by atoms with Crippen LogP contribution in [0.2, 0.25) is 0 Å². The standard InChI is InChI=1S/C13H18F3N3O/c1-19(8-9-2-4-20-5-3-9)12-7-10(13(14,15)16)6-11(17)18-12/h6-7,9H,2-5,8H2,1H3,(H2,17,18). The van der Waals surface area contributed by atoms with Gasteiger partial charge in [-0.2, -0.15) is 13.2 Å². The molecule has 7 heteroatoms. The summed E-state index contributed by atoms with van der Waals surface area (Å²) in [5.41, 5.74) is 4.70. The lowest BCUT2D eigenvalue weighted by Crippen LogP contribution is -2.30. The third kappa shape index (κ3) is 3.75. The first kappa shape index (κ1) is 14.9. The van der Waals surface area contributed by atoms with Crippen molar-refractivity contribution in [1.29, 1.82) is 0 Å². The molecule has 0 spiro atoms. The van der Waals surface area contributed by atoms with Gasteiger partial charge < -0.3 is 15.4 Å². The molecule has 1 aromatic heterocycles. The zero-order chi connectivity index (χ0) is 14.8. The van der Waals surface area contributed by atoms with Crippen molar-refractivity contribution in [3.63, 3.8) is 0 Å². The van der Waals surface area contributed by atoms with E-state index in [9.17, 15) is 13.2 Å². The van der Waals surface area contributed by atoms with Crippen LogP contribution in [0.15, 0.2) is 12.1 Å². The van der Waals surface area contributed by atoms with Gasteiger partial charge in [-0.25, -0.2) is 4.98 Å². The summed E-state index contributed by atoms with van der Waals surface area (Å²) in [5, 5.41) is 0. The number of alkyl halides is 3. The first-order valence-electron chi connectivity index (χ1n) is 6.50. The molecule has 1 fully saturated rings. The van der Waals surface area contributed by atoms with Crippen LogP contribution >= 0.6 is 0 Å². The molecule has 112 valence electrons. The molecule has 0 radical (unpaired) electrons. The molecule has 0 aliphatic carbocycles. The number of nitrogens with zero attached hydrogens (tertiary/aromatic N) is 2. The van der Waals surface area contributed by atoms with E-state index < -0.39 is 11.7 Å². The average Bonchev–Trinajstić information content (AvgIpc) is 2.38. The zero-order valence-corrected chi connectivity index (χ0v) is 11.3. The molecule has 0 saturated carbocycles. The summed E-state index contributed by atoms with van der Waals surface area (Å²) >= 11 is 0. The number of ether oxygens (including phenoxy) is 1. The van der Waals surface area contributed by atoms with Crippen molar-refractivity contribution in [2.24, 2.45) is 5.92 Å². The van der Waals surface area contributed by atoms with Crippen LogP contribution in [0, 0.1) is 5.92 Å². The van der Waals surface area contributed by atoms with Crippen molar-refractivity contribution in [1.82, 2.24) is 4.98 Å². The molecule has 0 unspecified atom stereocenters. The van der Waals surface area contributed by atoms with Crippen molar-refractivity contribution in [2.75, 3.05) is 37.4 Å². The molecule has 0 aromatic carbocycles. The second kappa shape index (κ2) is 5.87. The van der Waals surface area contributed by atoms with Crippen molar-refractivity contribution in [3.05, 3.63) is 17.7 Å². The fraction of sp³-hybridized carbons (Fsp3) is 0.615. The molecule has 2 N–H and O–H groups in total. The number of aromatic nitrogens is 1. The SMILES string of the molecule is CN(CC1CCOCC1)c1cc(C(F)(F)F)cc(N)n1. The third-order valence-electron chi connectivity index (χ3n) is 3.42. The highest BCUT2D eigenvalue weighted by Gasteiger charge is 2.32. The van der Waals surface area contributed by atoms with Gasteiger partial charge in [0, 0.05) is 26.8 Å². The lowest BCUT2D eigenvalue weighted by Gasteiger charge is -2.28. The number of pyridine rings is 1. The van der Waals surface area contributed by atoms with Crippen LogP contribution in [0.5, 0.6) is 0 Å². The highest BCUT2D eigenvalue weighted by Crippen LogP contribution is 2.32. The fourth-order valence-corrected chi connectivity index (χ4v) is 2.31. The molecule has 2 rings (SSSR count). The summed E-state index contributed by atoms with van der Waals surface area (Å²) in [6.07, 6.45) is -2.58. The summed E-state index contributed by atoms with van der Waals surface area (Å²) < 4.78 is 43.5. The van der Waals surface area contributed by atoms with Crippen LogP contribution in [0.4, 0.5) is 24.8 Å². The smallest absolute Gasteiger partial charge is 0.384 e. The van der Waals surface area contributed by atoms with Gasteiger partial charge in [-0.3, -0.25) is 0 Å². The van der Waals surface area contributed by atoms with Gasteiger partial charge >= 0.3 is 6.18 Å². The minimum Gasteiger partial charge on any atom is -0.384 e. The number of hydrogen-bond acceptors (Lipinski definition) is 4. The monoisotopic (exact) mass is 289 g/mol. The van der Waals surface area contributed by atoms with E-state index in [4.69, 9.17) is 10.5 Å². The quantitative estimate of drug-likeness (QED) is 0.929. The van der Waals surface area contributed by atoms with E-state index >= 15 is 0 Å². The molecule has 1 aliphatic heterocycles. The molecule has 1 aromatic rings. The van der Waals surface area contributed by atoms with E-state index in [1.54, 1.807) is 11.9 Å². The van der Waals surface area contributed by atoms with E-state index in [0.29, 0.717) is 25.7 Å². The first-order chi connectivity index (χ1) is 9.36. The number of halogens is 3. The summed E-state index contributed by atoms with van der Waals surface area (Å²) in [7, 11) is 1.73. The second-order valence-electron chi connectivity index (χ2n) is 5.07. The maximum Gasteiger partial charge on any atom is 0.416 e. The van der Waals surface area contributed by atoms with E-state index in [1.807, 2.05) is 0 Å². The fourth-order valence-electron chi connectivity index (χ4n) is 2.31. The van der Waals surface area contributed by atoms with Gasteiger partial charge in [0.2, 0.25) is 0 Å². The average molecular weight is 289 g/mol. The second-order valence-corrected chi connectivity index (χ2v) is 5.07. The topological polar surface area (TPSA) is 51.4 Å². The van der Waals surface area contributed by atoms with Crippen LogP contribution in [-0.2, 0) is 10.9 Å². The molecule has 0 atom stereocenters. The molecule has 4 nitrogen and oxygen atoms in total. The van der Waals surface area contributed by atoms with Gasteiger partial charge in [0.15, 0.2) is 0 Å². The number of rotatable bonds is 3. The Morgan fingerprint density at radius 3 is 2.60 bits per heavy atom. The Bertz CT molecular complexity index is 459. The largest absolute Gasteiger partial charge is 0.416 e. The predicted molar refractivity (Wildman–Crippen MR) is 70.5 cm³/mol. The Balaban J connectivity index is 2.12. The molecule has 1 aliphatic rings. The lowest BCUT2D eigenvalue weighted by molar-refractivity contribution is -0.137. The summed E-state index contributed by atoms with van der Waals surface area (Å²) in [4.78, 5) is 5.71. The van der Waals surface area contributed by atoms with Crippen LogP contribution in [0.1, 0.15) is 18.4 Å². The predicted octanol–water partition coefficient (Wildman–Crippen LogP) is 2.55. The number of nitrogens with two attached hydrogens (primary N) is 1. The van der Waals surface area contributed by atoms with Gasteiger partial charge in [0.1, 0.15) is 11.6 Å². The van der Waals surface area contributed by atoms with Crippen molar-refractivity contribution < 1.29 is 17.9 Å². The summed E-state index contributed by atoms with van der Waals surface area (Å²) in [6, 6.07) is 1.89. The van der Waals surface area contributed by atoms with E-state index in [0.717, 1.165) is 25.0 Å². The van der Waals surface area contributed by atoms with Gasteiger partial charge in [0.25, 0.3) is 0 Å². The van der Waals surface area contributed by atoms with Crippen molar-refractivity contribution in [2.45, 2.75) is 19.0 Å². The Kier molecular flexibility index (Phi) is 4.37. The maximum atomic E-state index is 12.8. The molecule has 20 heavy (non-hydrogen) atoms. The highest BCUT2D eigenvalue weighted by molar-refractivity contribution is 5.48. The molecule has 1 saturated heterocycles. The molecule has 0 amide bonds. The Morgan fingerprint density at radius 2 is 2.00 bits per heavy atom.